The largest absolute Gasteiger partial charge is 0.310 e. The lowest BCUT2D eigenvalue weighted by Crippen LogP contribution is -2.34. The van der Waals surface area contributed by atoms with E-state index in [0.717, 1.165) is 31.6 Å². The zero-order chi connectivity index (χ0) is 15.0. The molecule has 0 radical (unpaired) electrons. The van der Waals surface area contributed by atoms with Gasteiger partial charge in [-0.1, -0.05) is 41.5 Å². The van der Waals surface area contributed by atoms with Gasteiger partial charge in [0.15, 0.2) is 0 Å². The fourth-order valence-electron chi connectivity index (χ4n) is 3.08. The van der Waals surface area contributed by atoms with Gasteiger partial charge in [0.1, 0.15) is 5.82 Å². The molecule has 1 atom stereocenters. The normalized spacial score (nSPS) is 21.6. The summed E-state index contributed by atoms with van der Waals surface area (Å²) in [4.78, 5) is 9.48. The third-order valence-corrected chi connectivity index (χ3v) is 3.87. The molecule has 0 saturated carbocycles. The van der Waals surface area contributed by atoms with E-state index in [1.54, 1.807) is 0 Å². The van der Waals surface area contributed by atoms with E-state index in [0.29, 0.717) is 11.5 Å². The Morgan fingerprint density at radius 1 is 1.35 bits per heavy atom. The minimum atomic E-state index is 0.236. The monoisotopic (exact) mass is 275 g/mol. The maximum absolute atomic E-state index is 4.88. The van der Waals surface area contributed by atoms with Gasteiger partial charge >= 0.3 is 0 Å². The molecule has 1 aliphatic carbocycles. The molecule has 1 aromatic rings. The van der Waals surface area contributed by atoms with Crippen LogP contribution in [-0.4, -0.2) is 16.5 Å². The molecule has 20 heavy (non-hydrogen) atoms. The van der Waals surface area contributed by atoms with Crippen molar-refractivity contribution >= 4 is 0 Å². The van der Waals surface area contributed by atoms with Crippen LogP contribution in [0.5, 0.6) is 0 Å². The predicted molar refractivity (Wildman–Crippen MR) is 83.7 cm³/mol. The molecule has 2 rings (SSSR count). The van der Waals surface area contributed by atoms with E-state index in [9.17, 15) is 0 Å². The van der Waals surface area contributed by atoms with Gasteiger partial charge in [0.25, 0.3) is 0 Å². The van der Waals surface area contributed by atoms with E-state index in [-0.39, 0.29) is 5.41 Å². The van der Waals surface area contributed by atoms with E-state index >= 15 is 0 Å². The topological polar surface area (TPSA) is 37.8 Å². The quantitative estimate of drug-likeness (QED) is 0.914. The molecule has 0 fully saturated rings. The molecule has 1 aliphatic rings. The number of nitrogens with one attached hydrogen (secondary N) is 1. The van der Waals surface area contributed by atoms with Gasteiger partial charge in [-0.3, -0.25) is 0 Å². The summed E-state index contributed by atoms with van der Waals surface area (Å²) < 4.78 is 0. The summed E-state index contributed by atoms with van der Waals surface area (Å²) in [5, 5.41) is 3.58. The summed E-state index contributed by atoms with van der Waals surface area (Å²) in [7, 11) is 0. The zero-order valence-electron chi connectivity index (χ0n) is 13.9. The van der Waals surface area contributed by atoms with Crippen LogP contribution in [0.4, 0.5) is 0 Å². The van der Waals surface area contributed by atoms with Gasteiger partial charge in [-0.15, -0.1) is 0 Å². The van der Waals surface area contributed by atoms with Crippen molar-refractivity contribution in [3.63, 3.8) is 0 Å². The molecule has 3 nitrogen and oxygen atoms in total. The second-order valence-corrected chi connectivity index (χ2v) is 8.08. The lowest BCUT2D eigenvalue weighted by atomic mass is 9.74. The van der Waals surface area contributed by atoms with Crippen LogP contribution in [-0.2, 0) is 12.8 Å². The highest BCUT2D eigenvalue weighted by Gasteiger charge is 2.33. The minimum Gasteiger partial charge on any atom is -0.310 e. The van der Waals surface area contributed by atoms with Crippen molar-refractivity contribution in [3.8, 4) is 0 Å². The van der Waals surface area contributed by atoms with E-state index in [4.69, 9.17) is 4.98 Å². The molecule has 1 aromatic heterocycles. The second-order valence-electron chi connectivity index (χ2n) is 8.08. The Morgan fingerprint density at radius 2 is 2.05 bits per heavy atom. The fraction of sp³-hybridized carbons (Fsp3) is 0.765. The highest BCUT2D eigenvalue weighted by atomic mass is 14.9. The van der Waals surface area contributed by atoms with Crippen LogP contribution in [0.3, 0.4) is 0 Å². The molecule has 0 spiro atoms. The predicted octanol–water partition coefficient (Wildman–Crippen LogP) is 3.69. The van der Waals surface area contributed by atoms with Crippen molar-refractivity contribution in [1.82, 2.24) is 15.3 Å². The van der Waals surface area contributed by atoms with Crippen LogP contribution in [0.15, 0.2) is 6.20 Å². The molecule has 1 unspecified atom stereocenters. The summed E-state index contributed by atoms with van der Waals surface area (Å²) >= 11 is 0. The Morgan fingerprint density at radius 3 is 2.65 bits per heavy atom. The van der Waals surface area contributed by atoms with Crippen molar-refractivity contribution in [3.05, 3.63) is 23.3 Å². The third-order valence-electron chi connectivity index (χ3n) is 3.87. The molecule has 0 aliphatic heterocycles. The Balaban J connectivity index is 2.32. The average Bonchev–Trinajstić information content (AvgIpc) is 2.24. The average molecular weight is 275 g/mol. The van der Waals surface area contributed by atoms with Crippen molar-refractivity contribution in [2.45, 2.75) is 66.8 Å². The van der Waals surface area contributed by atoms with Crippen LogP contribution in [0.25, 0.3) is 0 Å². The lowest BCUT2D eigenvalue weighted by molar-refractivity contribution is 0.254. The van der Waals surface area contributed by atoms with Crippen molar-refractivity contribution in [2.24, 2.45) is 10.8 Å². The van der Waals surface area contributed by atoms with Crippen LogP contribution in [0, 0.1) is 10.8 Å². The Hall–Kier alpha value is -0.960. The van der Waals surface area contributed by atoms with E-state index < -0.39 is 0 Å². The molecular formula is C17H29N3. The van der Waals surface area contributed by atoms with Crippen LogP contribution < -0.4 is 5.32 Å². The van der Waals surface area contributed by atoms with E-state index in [1.165, 1.54) is 11.3 Å². The zero-order valence-corrected chi connectivity index (χ0v) is 13.9. The van der Waals surface area contributed by atoms with Gasteiger partial charge in [0.05, 0.1) is 0 Å². The number of fused-ring (bicyclic) bond motifs is 1. The SMILES string of the molecule is CCNC1CC(C)(C)Cc2nc(CC(C)(C)C)ncc21. The molecule has 1 heterocycles. The van der Waals surface area contributed by atoms with Crippen molar-refractivity contribution < 1.29 is 0 Å². The summed E-state index contributed by atoms with van der Waals surface area (Å²) in [5.41, 5.74) is 3.11. The number of aromatic nitrogens is 2. The minimum absolute atomic E-state index is 0.236. The first-order valence-corrected chi connectivity index (χ1v) is 7.78. The Kier molecular flexibility index (Phi) is 4.19. The summed E-state index contributed by atoms with van der Waals surface area (Å²) in [6, 6.07) is 0.405. The Bertz CT molecular complexity index is 472. The number of hydrogen-bond acceptors (Lipinski definition) is 3. The maximum Gasteiger partial charge on any atom is 0.129 e. The van der Waals surface area contributed by atoms with Gasteiger partial charge in [-0.05, 0) is 30.2 Å². The first kappa shape index (κ1) is 15.4. The Labute approximate surface area is 123 Å². The molecule has 3 heteroatoms. The standard InChI is InChI=1S/C17H29N3/c1-7-18-13-8-17(5,6)9-14-12(13)11-19-15(20-14)10-16(2,3)4/h11,13,18H,7-10H2,1-6H3. The van der Waals surface area contributed by atoms with Gasteiger partial charge in [0, 0.05) is 29.9 Å². The highest BCUT2D eigenvalue weighted by Crippen LogP contribution is 2.39. The molecule has 0 aromatic carbocycles. The van der Waals surface area contributed by atoms with E-state index in [1.807, 2.05) is 0 Å². The van der Waals surface area contributed by atoms with Crippen LogP contribution >= 0.6 is 0 Å². The third kappa shape index (κ3) is 3.78. The first-order chi connectivity index (χ1) is 9.20. The lowest BCUT2D eigenvalue weighted by Gasteiger charge is -2.36. The molecule has 112 valence electrons. The second kappa shape index (κ2) is 5.44. The maximum atomic E-state index is 4.88. The highest BCUT2D eigenvalue weighted by molar-refractivity contribution is 5.27. The van der Waals surface area contributed by atoms with E-state index in [2.05, 4.69) is 58.0 Å². The molecule has 1 N–H and O–H groups in total. The summed E-state index contributed by atoms with van der Waals surface area (Å²) in [5.74, 6) is 0.990. The number of hydrogen-bond donors (Lipinski definition) is 1. The van der Waals surface area contributed by atoms with Crippen molar-refractivity contribution in [2.75, 3.05) is 6.54 Å². The molecule has 0 saturated heterocycles. The van der Waals surface area contributed by atoms with Gasteiger partial charge in [0.2, 0.25) is 0 Å². The van der Waals surface area contributed by atoms with Gasteiger partial charge in [-0.2, -0.15) is 0 Å². The summed E-state index contributed by atoms with van der Waals surface area (Å²) in [6.07, 6.45) is 5.22. The van der Waals surface area contributed by atoms with Gasteiger partial charge in [-0.25, -0.2) is 9.97 Å². The van der Waals surface area contributed by atoms with Crippen LogP contribution in [0.1, 0.15) is 71.1 Å². The number of rotatable bonds is 3. The first-order valence-electron chi connectivity index (χ1n) is 7.78. The molecular weight excluding hydrogens is 246 g/mol. The van der Waals surface area contributed by atoms with Crippen molar-refractivity contribution in [1.29, 1.82) is 0 Å². The smallest absolute Gasteiger partial charge is 0.129 e. The molecule has 0 amide bonds. The fourth-order valence-corrected chi connectivity index (χ4v) is 3.08. The summed E-state index contributed by atoms with van der Waals surface area (Å²) in [6.45, 7) is 14.5. The number of nitrogens with zero attached hydrogens (tertiary/aromatic N) is 2. The molecule has 0 bridgehead atoms. The van der Waals surface area contributed by atoms with Crippen LogP contribution in [0.2, 0.25) is 0 Å². The van der Waals surface area contributed by atoms with Gasteiger partial charge < -0.3 is 5.32 Å².